The zero-order valence-corrected chi connectivity index (χ0v) is 14.8. The predicted molar refractivity (Wildman–Crippen MR) is 88.5 cm³/mol. The van der Waals surface area contributed by atoms with Crippen molar-refractivity contribution in [3.63, 3.8) is 0 Å². The van der Waals surface area contributed by atoms with Gasteiger partial charge in [-0.1, -0.05) is 34.9 Å². The van der Waals surface area contributed by atoms with E-state index in [0.717, 1.165) is 16.6 Å². The minimum atomic E-state index is 0.184. The van der Waals surface area contributed by atoms with Gasteiger partial charge in [-0.05, 0) is 50.6 Å². The fraction of sp³-hybridized carbons (Fsp3) is 0.500. The van der Waals surface area contributed by atoms with E-state index in [0.29, 0.717) is 17.8 Å². The fourth-order valence-corrected chi connectivity index (χ4v) is 2.55. The summed E-state index contributed by atoms with van der Waals surface area (Å²) >= 11 is 3.58. The van der Waals surface area contributed by atoms with E-state index in [1.807, 2.05) is 0 Å². The van der Waals surface area contributed by atoms with Crippen LogP contribution in [0.25, 0.3) is 11.4 Å². The van der Waals surface area contributed by atoms with Gasteiger partial charge in [0.2, 0.25) is 11.7 Å². The van der Waals surface area contributed by atoms with E-state index in [1.165, 1.54) is 11.1 Å². The highest BCUT2D eigenvalue weighted by molar-refractivity contribution is 9.10. The van der Waals surface area contributed by atoms with Crippen LogP contribution in [0.5, 0.6) is 0 Å². The maximum Gasteiger partial charge on any atom is 0.231 e. The molecule has 0 aliphatic rings. The quantitative estimate of drug-likeness (QED) is 0.876. The molecule has 1 aromatic carbocycles. The molecule has 1 heterocycles. The van der Waals surface area contributed by atoms with Crippen molar-refractivity contribution in [3.8, 4) is 11.4 Å². The van der Waals surface area contributed by atoms with Gasteiger partial charge in [0.25, 0.3) is 0 Å². The van der Waals surface area contributed by atoms with Crippen LogP contribution in [0.4, 0.5) is 0 Å². The lowest BCUT2D eigenvalue weighted by molar-refractivity contribution is 0.332. The summed E-state index contributed by atoms with van der Waals surface area (Å²) in [6.45, 7) is 11.4. The largest absolute Gasteiger partial charge is 0.339 e. The molecule has 0 bridgehead atoms. The summed E-state index contributed by atoms with van der Waals surface area (Å²) in [6, 6.07) is 4.45. The number of rotatable bonds is 5. The second-order valence-corrected chi connectivity index (χ2v) is 6.31. The molecule has 2 atom stereocenters. The third-order valence-electron chi connectivity index (χ3n) is 3.80. The lowest BCUT2D eigenvalue weighted by Crippen LogP contribution is -2.30. The summed E-state index contributed by atoms with van der Waals surface area (Å²) in [5.74, 6) is 1.51. The highest BCUT2D eigenvalue weighted by Gasteiger charge is 2.20. The molecular formula is C16H22BrN3O. The number of benzene rings is 1. The Morgan fingerprint density at radius 3 is 2.43 bits per heavy atom. The molecule has 21 heavy (non-hydrogen) atoms. The zero-order chi connectivity index (χ0) is 15.6. The van der Waals surface area contributed by atoms with Crippen LogP contribution in [-0.2, 0) is 0 Å². The molecule has 5 heteroatoms. The lowest BCUT2D eigenvalue weighted by Gasteiger charge is -2.16. The maximum absolute atomic E-state index is 5.45. The minimum Gasteiger partial charge on any atom is -0.339 e. The molecule has 2 unspecified atom stereocenters. The first-order chi connectivity index (χ1) is 9.93. The van der Waals surface area contributed by atoms with Crippen molar-refractivity contribution >= 4 is 15.9 Å². The molecule has 2 rings (SSSR count). The molecule has 0 saturated heterocycles. The van der Waals surface area contributed by atoms with Crippen molar-refractivity contribution in [3.05, 3.63) is 33.6 Å². The van der Waals surface area contributed by atoms with Gasteiger partial charge in [-0.15, -0.1) is 0 Å². The number of aryl methyl sites for hydroxylation is 2. The molecule has 2 aromatic rings. The first-order valence-corrected chi connectivity index (χ1v) is 8.07. The monoisotopic (exact) mass is 351 g/mol. The number of likely N-dealkylation sites (N-methyl/N-ethyl adjacent to an activating group) is 1. The molecule has 4 nitrogen and oxygen atoms in total. The van der Waals surface area contributed by atoms with E-state index in [2.05, 4.69) is 78.1 Å². The Morgan fingerprint density at radius 2 is 1.86 bits per heavy atom. The van der Waals surface area contributed by atoms with Crippen molar-refractivity contribution in [1.29, 1.82) is 0 Å². The molecule has 1 N–H and O–H groups in total. The van der Waals surface area contributed by atoms with Gasteiger partial charge < -0.3 is 9.84 Å². The average molecular weight is 352 g/mol. The Labute approximate surface area is 134 Å². The van der Waals surface area contributed by atoms with Crippen LogP contribution in [0.2, 0.25) is 0 Å². The van der Waals surface area contributed by atoms with Gasteiger partial charge in [-0.25, -0.2) is 0 Å². The first kappa shape index (κ1) is 16.2. The van der Waals surface area contributed by atoms with E-state index in [-0.39, 0.29) is 5.92 Å². The average Bonchev–Trinajstić information content (AvgIpc) is 2.93. The second kappa shape index (κ2) is 6.71. The van der Waals surface area contributed by atoms with Crippen LogP contribution < -0.4 is 5.32 Å². The molecule has 0 aliphatic carbocycles. The highest BCUT2D eigenvalue weighted by Crippen LogP contribution is 2.28. The van der Waals surface area contributed by atoms with Crippen LogP contribution in [0.3, 0.4) is 0 Å². The van der Waals surface area contributed by atoms with Crippen LogP contribution in [-0.4, -0.2) is 22.7 Å². The Kier molecular flexibility index (Phi) is 5.17. The molecule has 0 aliphatic heterocycles. The number of nitrogens with one attached hydrogen (secondary N) is 1. The van der Waals surface area contributed by atoms with Crippen molar-refractivity contribution in [1.82, 2.24) is 15.5 Å². The van der Waals surface area contributed by atoms with Crippen LogP contribution in [0.15, 0.2) is 21.1 Å². The van der Waals surface area contributed by atoms with Crippen LogP contribution in [0, 0.1) is 13.8 Å². The summed E-state index contributed by atoms with van der Waals surface area (Å²) in [7, 11) is 0. The summed E-state index contributed by atoms with van der Waals surface area (Å²) in [5, 5.41) is 7.52. The van der Waals surface area contributed by atoms with Crippen molar-refractivity contribution in [2.45, 2.75) is 46.6 Å². The van der Waals surface area contributed by atoms with Gasteiger partial charge in [0.15, 0.2) is 0 Å². The standard InChI is InChI=1S/C16H22BrN3O/c1-6-18-12(5)11(4)16-19-15(20-21-16)13-7-9(2)14(17)10(3)8-13/h7-8,11-12,18H,6H2,1-5H3. The molecule has 0 fully saturated rings. The summed E-state index contributed by atoms with van der Waals surface area (Å²) in [6.07, 6.45) is 0. The van der Waals surface area contributed by atoms with Gasteiger partial charge in [0.05, 0.1) is 5.92 Å². The SMILES string of the molecule is CCNC(C)C(C)c1nc(-c2cc(C)c(Br)c(C)c2)no1. The molecular weight excluding hydrogens is 330 g/mol. The smallest absolute Gasteiger partial charge is 0.231 e. The Hall–Kier alpha value is -1.20. The number of nitrogens with zero attached hydrogens (tertiary/aromatic N) is 2. The minimum absolute atomic E-state index is 0.184. The number of hydrogen-bond acceptors (Lipinski definition) is 4. The second-order valence-electron chi connectivity index (χ2n) is 5.52. The van der Waals surface area contributed by atoms with Gasteiger partial charge in [0, 0.05) is 16.1 Å². The molecule has 0 radical (unpaired) electrons. The first-order valence-electron chi connectivity index (χ1n) is 7.28. The molecule has 114 valence electrons. The van der Waals surface area contributed by atoms with Crippen molar-refractivity contribution < 1.29 is 4.52 Å². The van der Waals surface area contributed by atoms with Crippen molar-refractivity contribution in [2.75, 3.05) is 6.54 Å². The van der Waals surface area contributed by atoms with E-state index in [4.69, 9.17) is 4.52 Å². The molecule has 0 amide bonds. The number of hydrogen-bond donors (Lipinski definition) is 1. The summed E-state index contributed by atoms with van der Waals surface area (Å²) in [4.78, 5) is 4.56. The van der Waals surface area contributed by atoms with Crippen LogP contribution >= 0.6 is 15.9 Å². The van der Waals surface area contributed by atoms with E-state index >= 15 is 0 Å². The van der Waals surface area contributed by atoms with Gasteiger partial charge in [-0.3, -0.25) is 0 Å². The van der Waals surface area contributed by atoms with Gasteiger partial charge in [0.1, 0.15) is 0 Å². The van der Waals surface area contributed by atoms with Gasteiger partial charge in [-0.2, -0.15) is 4.98 Å². The summed E-state index contributed by atoms with van der Waals surface area (Å²) < 4.78 is 6.57. The maximum atomic E-state index is 5.45. The molecule has 0 saturated carbocycles. The fourth-order valence-electron chi connectivity index (χ4n) is 2.33. The zero-order valence-electron chi connectivity index (χ0n) is 13.2. The Morgan fingerprint density at radius 1 is 1.24 bits per heavy atom. The van der Waals surface area contributed by atoms with E-state index in [9.17, 15) is 0 Å². The predicted octanol–water partition coefficient (Wildman–Crippen LogP) is 4.22. The lowest BCUT2D eigenvalue weighted by atomic mass is 10.0. The Bertz CT molecular complexity index is 601. The van der Waals surface area contributed by atoms with Gasteiger partial charge >= 0.3 is 0 Å². The Balaban J connectivity index is 2.28. The topological polar surface area (TPSA) is 51.0 Å². The highest BCUT2D eigenvalue weighted by atomic mass is 79.9. The third kappa shape index (κ3) is 3.52. The van der Waals surface area contributed by atoms with E-state index in [1.54, 1.807) is 0 Å². The van der Waals surface area contributed by atoms with Crippen LogP contribution in [0.1, 0.15) is 43.7 Å². The van der Waals surface area contributed by atoms with E-state index < -0.39 is 0 Å². The number of aromatic nitrogens is 2. The van der Waals surface area contributed by atoms with Crippen molar-refractivity contribution in [2.24, 2.45) is 0 Å². The molecule has 1 aromatic heterocycles. The summed E-state index contributed by atoms with van der Waals surface area (Å²) in [5.41, 5.74) is 3.34. The molecule has 0 spiro atoms. The number of halogens is 1. The third-order valence-corrected chi connectivity index (χ3v) is 5.05. The normalized spacial score (nSPS) is 14.2.